The van der Waals surface area contributed by atoms with Gasteiger partial charge in [0.25, 0.3) is 21.8 Å². The second-order valence-corrected chi connectivity index (χ2v) is 10.2. The van der Waals surface area contributed by atoms with Gasteiger partial charge in [0.2, 0.25) is 0 Å². The molecule has 3 aromatic carbocycles. The van der Waals surface area contributed by atoms with Crippen LogP contribution in [0.5, 0.6) is 5.75 Å². The average molecular weight is 494 g/mol. The number of nitrogens with zero attached hydrogens (tertiary/aromatic N) is 2. The number of hydrogen-bond donors (Lipinski definition) is 1. The molecule has 1 aliphatic rings. The molecule has 182 valence electrons. The standard InChI is InChI=1S/C26H27N3O5S/c1-28(23-10-3-4-11-24(23)34-2)35(32,33)22-14-12-19(13-15-22)25(30)27-21-9-7-8-20(18-21)26(31)29-16-5-6-17-29/h3-4,7-15,18H,5-6,16-17H2,1-2H3,(H,27,30). The zero-order valence-electron chi connectivity index (χ0n) is 19.6. The Morgan fingerprint density at radius 2 is 1.60 bits per heavy atom. The molecular weight excluding hydrogens is 466 g/mol. The summed E-state index contributed by atoms with van der Waals surface area (Å²) in [4.78, 5) is 27.2. The minimum absolute atomic E-state index is 0.0423. The van der Waals surface area contributed by atoms with Crippen molar-refractivity contribution in [1.29, 1.82) is 0 Å². The number of para-hydroxylation sites is 2. The van der Waals surface area contributed by atoms with E-state index in [1.807, 2.05) is 4.90 Å². The second kappa shape index (κ2) is 10.2. The highest BCUT2D eigenvalue weighted by atomic mass is 32.2. The fourth-order valence-corrected chi connectivity index (χ4v) is 5.20. The molecule has 1 saturated heterocycles. The Balaban J connectivity index is 1.48. The fraction of sp³-hybridized carbons (Fsp3) is 0.231. The maximum atomic E-state index is 13.1. The molecule has 1 heterocycles. The Hall–Kier alpha value is -3.85. The largest absolute Gasteiger partial charge is 0.495 e. The van der Waals surface area contributed by atoms with Crippen LogP contribution in [0.2, 0.25) is 0 Å². The topological polar surface area (TPSA) is 96.0 Å². The van der Waals surface area contributed by atoms with Gasteiger partial charge in [0.15, 0.2) is 0 Å². The van der Waals surface area contributed by atoms with E-state index < -0.39 is 15.9 Å². The van der Waals surface area contributed by atoms with E-state index in [1.54, 1.807) is 48.5 Å². The smallest absolute Gasteiger partial charge is 0.264 e. The molecule has 2 amide bonds. The van der Waals surface area contributed by atoms with Gasteiger partial charge in [-0.3, -0.25) is 13.9 Å². The number of carbonyl (C=O) groups excluding carboxylic acids is 2. The number of carbonyl (C=O) groups is 2. The predicted molar refractivity (Wildman–Crippen MR) is 135 cm³/mol. The van der Waals surface area contributed by atoms with E-state index in [1.165, 1.54) is 38.4 Å². The Bertz CT molecular complexity index is 1330. The third kappa shape index (κ3) is 5.14. The maximum absolute atomic E-state index is 13.1. The molecule has 8 nitrogen and oxygen atoms in total. The third-order valence-corrected chi connectivity index (χ3v) is 7.75. The van der Waals surface area contributed by atoms with Crippen molar-refractivity contribution in [2.45, 2.75) is 17.7 Å². The van der Waals surface area contributed by atoms with Gasteiger partial charge >= 0.3 is 0 Å². The summed E-state index contributed by atoms with van der Waals surface area (Å²) >= 11 is 0. The van der Waals surface area contributed by atoms with E-state index in [0.29, 0.717) is 28.3 Å². The van der Waals surface area contributed by atoms with E-state index in [4.69, 9.17) is 4.74 Å². The lowest BCUT2D eigenvalue weighted by Crippen LogP contribution is -2.27. The lowest BCUT2D eigenvalue weighted by atomic mass is 10.1. The summed E-state index contributed by atoms with van der Waals surface area (Å²) in [5, 5.41) is 2.78. The first-order valence-corrected chi connectivity index (χ1v) is 12.7. The van der Waals surface area contributed by atoms with Crippen LogP contribution in [0.3, 0.4) is 0 Å². The van der Waals surface area contributed by atoms with Crippen LogP contribution in [0, 0.1) is 0 Å². The molecule has 0 saturated carbocycles. The molecule has 0 unspecified atom stereocenters. The molecule has 9 heteroatoms. The molecule has 1 aliphatic heterocycles. The van der Waals surface area contributed by atoms with Crippen molar-refractivity contribution in [2.75, 3.05) is 36.9 Å². The third-order valence-electron chi connectivity index (χ3n) is 5.96. The van der Waals surface area contributed by atoms with E-state index in [2.05, 4.69) is 5.32 Å². The van der Waals surface area contributed by atoms with E-state index in [0.717, 1.165) is 30.2 Å². The van der Waals surface area contributed by atoms with Gasteiger partial charge in [-0.05, 0) is 67.4 Å². The van der Waals surface area contributed by atoms with E-state index >= 15 is 0 Å². The molecule has 0 spiro atoms. The quantitative estimate of drug-likeness (QED) is 0.537. The monoisotopic (exact) mass is 493 g/mol. The molecule has 4 rings (SSSR count). The van der Waals surface area contributed by atoms with Crippen molar-refractivity contribution in [2.24, 2.45) is 0 Å². The van der Waals surface area contributed by atoms with Crippen LogP contribution < -0.4 is 14.4 Å². The number of nitrogens with one attached hydrogen (secondary N) is 1. The first-order chi connectivity index (χ1) is 16.8. The number of methoxy groups -OCH3 is 1. The molecule has 0 aromatic heterocycles. The van der Waals surface area contributed by atoms with Crippen LogP contribution in [-0.4, -0.2) is 52.4 Å². The summed E-state index contributed by atoms with van der Waals surface area (Å²) in [6.45, 7) is 1.49. The highest BCUT2D eigenvalue weighted by Crippen LogP contribution is 2.31. The first-order valence-electron chi connectivity index (χ1n) is 11.2. The summed E-state index contributed by atoms with van der Waals surface area (Å²) in [5.41, 5.74) is 1.71. The van der Waals surface area contributed by atoms with Crippen LogP contribution in [0.15, 0.2) is 77.7 Å². The number of likely N-dealkylation sites (tertiary alicyclic amines) is 1. The molecule has 1 fully saturated rings. The molecular formula is C26H27N3O5S. The van der Waals surface area contributed by atoms with Gasteiger partial charge < -0.3 is 15.0 Å². The maximum Gasteiger partial charge on any atom is 0.264 e. The number of sulfonamides is 1. The van der Waals surface area contributed by atoms with E-state index in [-0.39, 0.29) is 10.8 Å². The summed E-state index contributed by atoms with van der Waals surface area (Å²) in [7, 11) is -0.944. The van der Waals surface area contributed by atoms with Crippen molar-refractivity contribution in [3.05, 3.63) is 83.9 Å². The SMILES string of the molecule is COc1ccccc1N(C)S(=O)(=O)c1ccc(C(=O)Nc2cccc(C(=O)N3CCCC3)c2)cc1. The van der Waals surface area contributed by atoms with Crippen LogP contribution in [0.25, 0.3) is 0 Å². The molecule has 3 aromatic rings. The number of benzene rings is 3. The molecule has 0 bridgehead atoms. The second-order valence-electron chi connectivity index (χ2n) is 8.20. The van der Waals surface area contributed by atoms with Gasteiger partial charge in [-0.25, -0.2) is 8.42 Å². The fourth-order valence-electron chi connectivity index (χ4n) is 3.99. The number of amides is 2. The van der Waals surface area contributed by atoms with Gasteiger partial charge in [0.05, 0.1) is 17.7 Å². The minimum Gasteiger partial charge on any atom is -0.495 e. The minimum atomic E-state index is -3.87. The summed E-state index contributed by atoms with van der Waals surface area (Å²) in [6.07, 6.45) is 2.01. The Morgan fingerprint density at radius 3 is 2.29 bits per heavy atom. The van der Waals surface area contributed by atoms with Gasteiger partial charge in [-0.15, -0.1) is 0 Å². The van der Waals surface area contributed by atoms with Gasteiger partial charge in [0, 0.05) is 37.0 Å². The van der Waals surface area contributed by atoms with Crippen molar-refractivity contribution < 1.29 is 22.7 Å². The molecule has 0 aliphatic carbocycles. The van der Waals surface area contributed by atoms with Crippen molar-refractivity contribution >= 4 is 33.2 Å². The molecule has 35 heavy (non-hydrogen) atoms. The first kappa shape index (κ1) is 24.3. The van der Waals surface area contributed by atoms with Gasteiger partial charge in [0.1, 0.15) is 5.75 Å². The Kier molecular flexibility index (Phi) is 7.07. The normalized spacial score (nSPS) is 13.4. The number of anilines is 2. The molecule has 0 atom stereocenters. The molecule has 0 radical (unpaired) electrons. The summed E-state index contributed by atoms with van der Waals surface area (Å²) in [6, 6.07) is 19.3. The van der Waals surface area contributed by atoms with Crippen molar-refractivity contribution in [3.63, 3.8) is 0 Å². The summed E-state index contributed by atoms with van der Waals surface area (Å²) < 4.78 is 32.7. The average Bonchev–Trinajstić information content (AvgIpc) is 3.43. The lowest BCUT2D eigenvalue weighted by molar-refractivity contribution is 0.0792. The number of hydrogen-bond acceptors (Lipinski definition) is 5. The van der Waals surface area contributed by atoms with Crippen LogP contribution in [0.1, 0.15) is 33.6 Å². The highest BCUT2D eigenvalue weighted by Gasteiger charge is 2.24. The number of rotatable bonds is 7. The Labute approximate surface area is 205 Å². The number of ether oxygens (including phenoxy) is 1. The Morgan fingerprint density at radius 1 is 0.914 bits per heavy atom. The summed E-state index contributed by atoms with van der Waals surface area (Å²) in [5.74, 6) is -0.0230. The molecule has 1 N–H and O–H groups in total. The zero-order valence-corrected chi connectivity index (χ0v) is 20.4. The van der Waals surface area contributed by atoms with Crippen LogP contribution in [0.4, 0.5) is 11.4 Å². The predicted octanol–water partition coefficient (Wildman–Crippen LogP) is 4.01. The van der Waals surface area contributed by atoms with Crippen molar-refractivity contribution in [3.8, 4) is 5.75 Å². The van der Waals surface area contributed by atoms with Crippen molar-refractivity contribution in [1.82, 2.24) is 4.90 Å². The van der Waals surface area contributed by atoms with E-state index in [9.17, 15) is 18.0 Å². The van der Waals surface area contributed by atoms with Crippen LogP contribution >= 0.6 is 0 Å². The van der Waals surface area contributed by atoms with Gasteiger partial charge in [-0.2, -0.15) is 0 Å². The zero-order chi connectivity index (χ0) is 25.0. The van der Waals surface area contributed by atoms with Crippen LogP contribution in [-0.2, 0) is 10.0 Å². The highest BCUT2D eigenvalue weighted by molar-refractivity contribution is 7.92. The van der Waals surface area contributed by atoms with Gasteiger partial charge in [-0.1, -0.05) is 18.2 Å². The lowest BCUT2D eigenvalue weighted by Gasteiger charge is -2.21.